The lowest BCUT2D eigenvalue weighted by molar-refractivity contribution is 0.773. The van der Waals surface area contributed by atoms with Gasteiger partial charge in [0.1, 0.15) is 0 Å². The van der Waals surface area contributed by atoms with Gasteiger partial charge in [0, 0.05) is 4.47 Å². The Balaban J connectivity index is 2.96. The van der Waals surface area contributed by atoms with Crippen LogP contribution in [0.25, 0.3) is 0 Å². The first-order valence-corrected chi connectivity index (χ1v) is 3.76. The van der Waals surface area contributed by atoms with E-state index < -0.39 is 0 Å². The molecular weight excluding hydrogens is 192 g/mol. The lowest BCUT2D eigenvalue weighted by Gasteiger charge is -2.04. The van der Waals surface area contributed by atoms with Crippen LogP contribution in [0, 0.1) is 0 Å². The van der Waals surface area contributed by atoms with E-state index in [1.165, 1.54) is 0 Å². The molecule has 0 aromatic heterocycles. The van der Waals surface area contributed by atoms with E-state index in [0.717, 1.165) is 10.0 Å². The van der Waals surface area contributed by atoms with Crippen molar-refractivity contribution in [1.29, 1.82) is 0 Å². The summed E-state index contributed by atoms with van der Waals surface area (Å²) in [6, 6.07) is 7.65. The molecule has 3 heteroatoms. The predicted octanol–water partition coefficient (Wildman–Crippen LogP) is 1.37. The maximum Gasteiger partial charge on any atom is 0.0785 e. The summed E-state index contributed by atoms with van der Waals surface area (Å²) in [5, 5.41) is 0. The van der Waals surface area contributed by atoms with Crippen molar-refractivity contribution in [2.75, 3.05) is 0 Å². The van der Waals surface area contributed by atoms with Crippen molar-refractivity contribution in [3.63, 3.8) is 0 Å². The van der Waals surface area contributed by atoms with E-state index >= 15 is 0 Å². The van der Waals surface area contributed by atoms with Crippen LogP contribution in [-0.4, -0.2) is 0 Å². The third-order valence-corrected chi connectivity index (χ3v) is 1.73. The fourth-order valence-corrected chi connectivity index (χ4v) is 1.13. The number of nitrogens with two attached hydrogens (primary N) is 2. The smallest absolute Gasteiger partial charge is 0.0785 e. The average Bonchev–Trinajstić information content (AvgIpc) is 1.88. The van der Waals surface area contributed by atoms with Gasteiger partial charge in [-0.1, -0.05) is 28.1 Å². The van der Waals surface area contributed by atoms with Gasteiger partial charge in [0.25, 0.3) is 0 Å². The van der Waals surface area contributed by atoms with E-state index in [9.17, 15) is 0 Å². The maximum absolute atomic E-state index is 5.44. The first-order chi connectivity index (χ1) is 4.70. The molecule has 0 saturated heterocycles. The molecule has 4 N–H and O–H groups in total. The van der Waals surface area contributed by atoms with Crippen LogP contribution in [0.3, 0.4) is 0 Å². The molecular formula is C7H9BrN2. The zero-order valence-electron chi connectivity index (χ0n) is 5.42. The molecule has 0 aliphatic carbocycles. The van der Waals surface area contributed by atoms with Crippen molar-refractivity contribution in [3.05, 3.63) is 34.3 Å². The highest BCUT2D eigenvalue weighted by molar-refractivity contribution is 9.10. The molecule has 0 aliphatic heterocycles. The molecule has 0 spiro atoms. The van der Waals surface area contributed by atoms with Gasteiger partial charge in [0.15, 0.2) is 0 Å². The minimum absolute atomic E-state index is 0.377. The van der Waals surface area contributed by atoms with Crippen molar-refractivity contribution < 1.29 is 0 Å². The molecule has 0 heterocycles. The fourth-order valence-electron chi connectivity index (χ4n) is 0.714. The molecule has 0 fully saturated rings. The van der Waals surface area contributed by atoms with Crippen LogP contribution in [0.15, 0.2) is 28.7 Å². The molecule has 54 valence electrons. The highest BCUT2D eigenvalue weighted by Crippen LogP contribution is 2.13. The van der Waals surface area contributed by atoms with Crippen molar-refractivity contribution >= 4 is 15.9 Å². The Labute approximate surface area is 68.3 Å². The summed E-state index contributed by atoms with van der Waals surface area (Å²) in [6.45, 7) is 0. The quantitative estimate of drug-likeness (QED) is 0.674. The minimum Gasteiger partial charge on any atom is -0.312 e. The van der Waals surface area contributed by atoms with E-state index in [0.29, 0.717) is 0 Å². The third-order valence-electron chi connectivity index (χ3n) is 1.23. The molecule has 1 aromatic carbocycles. The summed E-state index contributed by atoms with van der Waals surface area (Å²) in [5.41, 5.74) is 11.8. The van der Waals surface area contributed by atoms with Crippen LogP contribution in [-0.2, 0) is 0 Å². The molecule has 0 unspecified atom stereocenters. The molecule has 0 atom stereocenters. The lowest BCUT2D eigenvalue weighted by atomic mass is 10.2. The summed E-state index contributed by atoms with van der Waals surface area (Å²) in [6.07, 6.45) is -0.377. The Kier molecular flexibility index (Phi) is 2.43. The first kappa shape index (κ1) is 7.72. The zero-order chi connectivity index (χ0) is 7.56. The molecule has 0 amide bonds. The molecule has 0 saturated carbocycles. The van der Waals surface area contributed by atoms with Gasteiger partial charge in [0.2, 0.25) is 0 Å². The number of halogens is 1. The zero-order valence-corrected chi connectivity index (χ0v) is 7.01. The summed E-state index contributed by atoms with van der Waals surface area (Å²) >= 11 is 3.32. The van der Waals surface area contributed by atoms with Crippen LogP contribution >= 0.6 is 15.9 Å². The average molecular weight is 201 g/mol. The number of rotatable bonds is 1. The van der Waals surface area contributed by atoms with E-state index in [-0.39, 0.29) is 6.17 Å². The van der Waals surface area contributed by atoms with Gasteiger partial charge in [-0.05, 0) is 17.7 Å². The number of benzene rings is 1. The Morgan fingerprint density at radius 1 is 1.30 bits per heavy atom. The molecule has 0 aliphatic rings. The largest absolute Gasteiger partial charge is 0.312 e. The van der Waals surface area contributed by atoms with Gasteiger partial charge in [0.05, 0.1) is 6.17 Å². The minimum atomic E-state index is -0.377. The second kappa shape index (κ2) is 3.14. The topological polar surface area (TPSA) is 52.0 Å². The molecule has 10 heavy (non-hydrogen) atoms. The summed E-state index contributed by atoms with van der Waals surface area (Å²) in [5.74, 6) is 0. The fraction of sp³-hybridized carbons (Fsp3) is 0.143. The molecule has 0 radical (unpaired) electrons. The third kappa shape index (κ3) is 1.80. The molecule has 1 aromatic rings. The maximum atomic E-state index is 5.44. The second-order valence-electron chi connectivity index (χ2n) is 2.08. The van der Waals surface area contributed by atoms with E-state index in [2.05, 4.69) is 15.9 Å². The number of hydrogen-bond acceptors (Lipinski definition) is 2. The van der Waals surface area contributed by atoms with Crippen molar-refractivity contribution in [2.24, 2.45) is 11.5 Å². The molecule has 2 nitrogen and oxygen atoms in total. The van der Waals surface area contributed by atoms with Crippen molar-refractivity contribution in [2.45, 2.75) is 6.17 Å². The normalized spacial score (nSPS) is 10.4. The van der Waals surface area contributed by atoms with Crippen LogP contribution < -0.4 is 11.5 Å². The van der Waals surface area contributed by atoms with Gasteiger partial charge in [-0.15, -0.1) is 0 Å². The van der Waals surface area contributed by atoms with Crippen LogP contribution in [0.2, 0.25) is 0 Å². The highest BCUT2D eigenvalue weighted by Gasteiger charge is 1.97. The summed E-state index contributed by atoms with van der Waals surface area (Å²) in [7, 11) is 0. The Bertz CT molecular complexity index is 223. The van der Waals surface area contributed by atoms with Gasteiger partial charge >= 0.3 is 0 Å². The monoisotopic (exact) mass is 200 g/mol. The van der Waals surface area contributed by atoms with Crippen LogP contribution in [0.5, 0.6) is 0 Å². The molecule has 1 rings (SSSR count). The predicted molar refractivity (Wildman–Crippen MR) is 45.3 cm³/mol. The summed E-state index contributed by atoms with van der Waals surface area (Å²) < 4.78 is 1.01. The number of hydrogen-bond donors (Lipinski definition) is 2. The van der Waals surface area contributed by atoms with Crippen molar-refractivity contribution in [3.8, 4) is 0 Å². The molecule has 0 bridgehead atoms. The Morgan fingerprint density at radius 3 is 2.40 bits per heavy atom. The Hall–Kier alpha value is -0.380. The van der Waals surface area contributed by atoms with Crippen LogP contribution in [0.1, 0.15) is 11.7 Å². The SMILES string of the molecule is NC(N)c1cccc(Br)c1. The Morgan fingerprint density at radius 2 is 2.00 bits per heavy atom. The van der Waals surface area contributed by atoms with E-state index in [4.69, 9.17) is 11.5 Å². The standard InChI is InChI=1S/C7H9BrN2/c8-6-3-1-2-5(4-6)7(9)10/h1-4,7H,9-10H2. The first-order valence-electron chi connectivity index (χ1n) is 2.97. The van der Waals surface area contributed by atoms with Gasteiger partial charge in [-0.3, -0.25) is 0 Å². The van der Waals surface area contributed by atoms with Crippen molar-refractivity contribution in [1.82, 2.24) is 0 Å². The van der Waals surface area contributed by atoms with E-state index in [1.54, 1.807) is 0 Å². The highest BCUT2D eigenvalue weighted by atomic mass is 79.9. The van der Waals surface area contributed by atoms with Crippen LogP contribution in [0.4, 0.5) is 0 Å². The lowest BCUT2D eigenvalue weighted by Crippen LogP contribution is -2.19. The summed E-state index contributed by atoms with van der Waals surface area (Å²) in [4.78, 5) is 0. The second-order valence-corrected chi connectivity index (χ2v) is 3.00. The van der Waals surface area contributed by atoms with Gasteiger partial charge < -0.3 is 11.5 Å². The van der Waals surface area contributed by atoms with Gasteiger partial charge in [-0.25, -0.2) is 0 Å². The van der Waals surface area contributed by atoms with Gasteiger partial charge in [-0.2, -0.15) is 0 Å². The van der Waals surface area contributed by atoms with E-state index in [1.807, 2.05) is 24.3 Å².